The minimum absolute atomic E-state index is 0.218. The first-order chi connectivity index (χ1) is 14.0. The summed E-state index contributed by atoms with van der Waals surface area (Å²) in [5.41, 5.74) is 4.30. The standard InChI is InChI=1S/C25H22ClNO2/c1-16(2)17-8-10-19(11-9-17)23-22(18-6-4-3-5-7-18)24(28)25(29)27(23)21-14-12-20(26)13-15-21/h3-16,23,28H,1-2H3/t23-/m1/s1. The molecule has 146 valence electrons. The zero-order valence-corrected chi connectivity index (χ0v) is 17.1. The van der Waals surface area contributed by atoms with E-state index in [4.69, 9.17) is 11.6 Å². The lowest BCUT2D eigenvalue weighted by Gasteiger charge is -2.28. The SMILES string of the molecule is CC(C)c1ccc([C@@H]2C(c3ccccc3)=C(O)C(=O)N2c2ccc(Cl)cc2)cc1. The third kappa shape index (κ3) is 3.54. The fraction of sp³-hybridized carbons (Fsp3) is 0.160. The van der Waals surface area contributed by atoms with E-state index in [-0.39, 0.29) is 5.76 Å². The van der Waals surface area contributed by atoms with Gasteiger partial charge in [0, 0.05) is 16.3 Å². The number of benzene rings is 3. The summed E-state index contributed by atoms with van der Waals surface area (Å²) in [6.07, 6.45) is 0. The van der Waals surface area contributed by atoms with Crippen molar-refractivity contribution < 1.29 is 9.90 Å². The highest BCUT2D eigenvalue weighted by Gasteiger charge is 2.41. The summed E-state index contributed by atoms with van der Waals surface area (Å²) < 4.78 is 0. The van der Waals surface area contributed by atoms with Gasteiger partial charge in [-0.05, 0) is 46.9 Å². The van der Waals surface area contributed by atoms with E-state index in [1.54, 1.807) is 29.2 Å². The normalized spacial score (nSPS) is 16.8. The average Bonchev–Trinajstić information content (AvgIpc) is 3.00. The number of aliphatic hydroxyl groups is 1. The third-order valence-electron chi connectivity index (χ3n) is 5.32. The summed E-state index contributed by atoms with van der Waals surface area (Å²) in [7, 11) is 0. The van der Waals surface area contributed by atoms with Gasteiger partial charge in [0.1, 0.15) is 0 Å². The molecule has 1 aliphatic rings. The van der Waals surface area contributed by atoms with E-state index < -0.39 is 11.9 Å². The number of carbonyl (C=O) groups is 1. The Kier molecular flexibility index (Phi) is 5.16. The van der Waals surface area contributed by atoms with Gasteiger partial charge in [0.15, 0.2) is 5.76 Å². The molecule has 3 aromatic carbocycles. The molecule has 4 heteroatoms. The number of amides is 1. The van der Waals surface area contributed by atoms with Crippen LogP contribution in [0.5, 0.6) is 0 Å². The molecule has 0 aromatic heterocycles. The fourth-order valence-electron chi connectivity index (χ4n) is 3.76. The fourth-order valence-corrected chi connectivity index (χ4v) is 3.89. The predicted octanol–water partition coefficient (Wildman–Crippen LogP) is 6.52. The quantitative estimate of drug-likeness (QED) is 0.538. The second-order valence-corrected chi connectivity index (χ2v) is 7.94. The zero-order chi connectivity index (χ0) is 20.5. The van der Waals surface area contributed by atoms with E-state index in [1.165, 1.54) is 5.56 Å². The van der Waals surface area contributed by atoms with Crippen molar-refractivity contribution in [1.82, 2.24) is 0 Å². The van der Waals surface area contributed by atoms with Gasteiger partial charge < -0.3 is 5.11 Å². The molecule has 0 fully saturated rings. The second kappa shape index (κ2) is 7.76. The molecule has 1 atom stereocenters. The molecule has 3 nitrogen and oxygen atoms in total. The lowest BCUT2D eigenvalue weighted by Crippen LogP contribution is -2.30. The lowest BCUT2D eigenvalue weighted by atomic mass is 9.91. The van der Waals surface area contributed by atoms with Gasteiger partial charge in [0.25, 0.3) is 5.91 Å². The van der Waals surface area contributed by atoms with Crippen LogP contribution in [0.15, 0.2) is 84.6 Å². The molecule has 1 N–H and O–H groups in total. The summed E-state index contributed by atoms with van der Waals surface area (Å²) in [4.78, 5) is 14.8. The topological polar surface area (TPSA) is 40.5 Å². The first kappa shape index (κ1) is 19.3. The van der Waals surface area contributed by atoms with Crippen LogP contribution in [0.3, 0.4) is 0 Å². The first-order valence-electron chi connectivity index (χ1n) is 9.65. The van der Waals surface area contributed by atoms with Crippen LogP contribution in [-0.4, -0.2) is 11.0 Å². The van der Waals surface area contributed by atoms with Crippen LogP contribution >= 0.6 is 11.6 Å². The Morgan fingerprint density at radius 2 is 1.52 bits per heavy atom. The van der Waals surface area contributed by atoms with Gasteiger partial charge in [-0.2, -0.15) is 0 Å². The Labute approximate surface area is 175 Å². The lowest BCUT2D eigenvalue weighted by molar-refractivity contribution is -0.117. The molecule has 0 unspecified atom stereocenters. The molecule has 1 amide bonds. The Hall–Kier alpha value is -3.04. The number of nitrogens with zero attached hydrogens (tertiary/aromatic N) is 1. The third-order valence-corrected chi connectivity index (χ3v) is 5.57. The highest BCUT2D eigenvalue weighted by Crippen LogP contribution is 2.45. The van der Waals surface area contributed by atoms with Crippen LogP contribution < -0.4 is 4.90 Å². The highest BCUT2D eigenvalue weighted by molar-refractivity contribution is 6.30. The van der Waals surface area contributed by atoms with Gasteiger partial charge in [-0.15, -0.1) is 0 Å². The van der Waals surface area contributed by atoms with Crippen molar-refractivity contribution >= 4 is 28.8 Å². The highest BCUT2D eigenvalue weighted by atomic mass is 35.5. The predicted molar refractivity (Wildman–Crippen MR) is 118 cm³/mol. The Morgan fingerprint density at radius 3 is 2.10 bits per heavy atom. The van der Waals surface area contributed by atoms with Gasteiger partial charge in [-0.25, -0.2) is 0 Å². The number of carbonyl (C=O) groups excluding carboxylic acids is 1. The molecule has 0 aliphatic carbocycles. The minimum Gasteiger partial charge on any atom is -0.503 e. The van der Waals surface area contributed by atoms with Crippen LogP contribution in [-0.2, 0) is 4.79 Å². The van der Waals surface area contributed by atoms with E-state index in [9.17, 15) is 9.90 Å². The summed E-state index contributed by atoms with van der Waals surface area (Å²) in [5, 5.41) is 11.4. The molecular formula is C25H22ClNO2. The summed E-state index contributed by atoms with van der Waals surface area (Å²) in [6.45, 7) is 4.30. The van der Waals surface area contributed by atoms with E-state index in [0.717, 1.165) is 11.1 Å². The molecular weight excluding hydrogens is 382 g/mol. The number of halogens is 1. The van der Waals surface area contributed by atoms with E-state index in [1.807, 2.05) is 42.5 Å². The van der Waals surface area contributed by atoms with Crippen molar-refractivity contribution in [1.29, 1.82) is 0 Å². The summed E-state index contributed by atoms with van der Waals surface area (Å²) in [6, 6.07) is 24.5. The maximum atomic E-state index is 13.1. The van der Waals surface area contributed by atoms with Crippen molar-refractivity contribution in [3.63, 3.8) is 0 Å². The molecule has 1 heterocycles. The van der Waals surface area contributed by atoms with Crippen molar-refractivity contribution in [2.45, 2.75) is 25.8 Å². The summed E-state index contributed by atoms with van der Waals surface area (Å²) >= 11 is 6.05. The molecule has 0 saturated carbocycles. The number of aliphatic hydroxyl groups excluding tert-OH is 1. The molecule has 0 saturated heterocycles. The largest absolute Gasteiger partial charge is 0.503 e. The van der Waals surface area contributed by atoms with Gasteiger partial charge >= 0.3 is 0 Å². The molecule has 0 spiro atoms. The molecule has 0 bridgehead atoms. The minimum atomic E-state index is -0.424. The van der Waals surface area contributed by atoms with Crippen molar-refractivity contribution in [3.05, 3.63) is 106 Å². The van der Waals surface area contributed by atoms with E-state index >= 15 is 0 Å². The second-order valence-electron chi connectivity index (χ2n) is 7.50. The molecule has 0 radical (unpaired) electrons. The van der Waals surface area contributed by atoms with Crippen LogP contribution in [0.1, 0.15) is 42.5 Å². The van der Waals surface area contributed by atoms with Crippen LogP contribution in [0, 0.1) is 0 Å². The number of anilines is 1. The number of rotatable bonds is 4. The summed E-state index contributed by atoms with van der Waals surface area (Å²) in [5.74, 6) is -0.215. The molecule has 29 heavy (non-hydrogen) atoms. The van der Waals surface area contributed by atoms with Crippen molar-refractivity contribution in [3.8, 4) is 0 Å². The van der Waals surface area contributed by atoms with Crippen molar-refractivity contribution in [2.75, 3.05) is 4.90 Å². The van der Waals surface area contributed by atoms with E-state index in [0.29, 0.717) is 22.2 Å². The van der Waals surface area contributed by atoms with Crippen molar-refractivity contribution in [2.24, 2.45) is 0 Å². The Balaban J connectivity index is 1.87. The zero-order valence-electron chi connectivity index (χ0n) is 16.3. The monoisotopic (exact) mass is 403 g/mol. The first-order valence-corrected chi connectivity index (χ1v) is 10.0. The van der Waals surface area contributed by atoms with Crippen LogP contribution in [0.4, 0.5) is 5.69 Å². The molecule has 1 aliphatic heterocycles. The molecule has 4 rings (SSSR count). The van der Waals surface area contributed by atoms with Gasteiger partial charge in [0.2, 0.25) is 0 Å². The average molecular weight is 404 g/mol. The Morgan fingerprint density at radius 1 is 0.897 bits per heavy atom. The van der Waals surface area contributed by atoms with Crippen LogP contribution in [0.25, 0.3) is 5.57 Å². The Bertz CT molecular complexity index is 1050. The number of hydrogen-bond acceptors (Lipinski definition) is 2. The number of hydrogen-bond donors (Lipinski definition) is 1. The maximum Gasteiger partial charge on any atom is 0.294 e. The maximum absolute atomic E-state index is 13.1. The van der Waals surface area contributed by atoms with Gasteiger partial charge in [0.05, 0.1) is 6.04 Å². The van der Waals surface area contributed by atoms with Gasteiger partial charge in [-0.1, -0.05) is 80.0 Å². The van der Waals surface area contributed by atoms with Crippen LogP contribution in [0.2, 0.25) is 5.02 Å². The smallest absolute Gasteiger partial charge is 0.294 e. The van der Waals surface area contributed by atoms with E-state index in [2.05, 4.69) is 26.0 Å². The van der Waals surface area contributed by atoms with Gasteiger partial charge in [-0.3, -0.25) is 9.69 Å². The molecule has 3 aromatic rings.